The molecule has 0 bridgehead atoms. The Balaban J connectivity index is 1.86. The van der Waals surface area contributed by atoms with E-state index < -0.39 is 12.0 Å². The third-order valence-corrected chi connectivity index (χ3v) is 6.30. The summed E-state index contributed by atoms with van der Waals surface area (Å²) >= 11 is 4.44. The van der Waals surface area contributed by atoms with E-state index in [2.05, 4.69) is 4.98 Å². The smallest absolute Gasteiger partial charge is 0.327 e. The van der Waals surface area contributed by atoms with Crippen molar-refractivity contribution in [3.63, 3.8) is 0 Å². The van der Waals surface area contributed by atoms with Crippen molar-refractivity contribution >= 4 is 46.3 Å². The minimum Gasteiger partial charge on any atom is -0.480 e. The molecule has 0 aromatic carbocycles. The first-order valence-corrected chi connectivity index (χ1v) is 9.05. The van der Waals surface area contributed by atoms with Crippen molar-refractivity contribution in [2.45, 2.75) is 18.3 Å². The maximum absolute atomic E-state index is 12.6. The SMILES string of the molecule is CC1SCC(C(=O)O)N1C(=O)c1csc(-c2cccs2)n1. The van der Waals surface area contributed by atoms with Gasteiger partial charge in [0.1, 0.15) is 16.7 Å². The van der Waals surface area contributed by atoms with Gasteiger partial charge in [-0.15, -0.1) is 34.4 Å². The highest BCUT2D eigenvalue weighted by Gasteiger charge is 2.40. The van der Waals surface area contributed by atoms with E-state index in [1.165, 1.54) is 28.0 Å². The molecule has 21 heavy (non-hydrogen) atoms. The lowest BCUT2D eigenvalue weighted by Crippen LogP contribution is -2.44. The Kier molecular flexibility index (Phi) is 4.01. The van der Waals surface area contributed by atoms with E-state index in [4.69, 9.17) is 0 Å². The summed E-state index contributed by atoms with van der Waals surface area (Å²) in [7, 11) is 0. The third kappa shape index (κ3) is 2.70. The van der Waals surface area contributed by atoms with E-state index in [0.29, 0.717) is 11.4 Å². The van der Waals surface area contributed by atoms with Crippen LogP contribution in [0.4, 0.5) is 0 Å². The van der Waals surface area contributed by atoms with Crippen LogP contribution in [0.15, 0.2) is 22.9 Å². The van der Waals surface area contributed by atoms with E-state index in [9.17, 15) is 14.7 Å². The van der Waals surface area contributed by atoms with Crippen LogP contribution < -0.4 is 0 Å². The minimum absolute atomic E-state index is 0.148. The maximum atomic E-state index is 12.6. The number of thioether (sulfide) groups is 1. The predicted octanol–water partition coefficient (Wildman–Crippen LogP) is 2.86. The fourth-order valence-corrected chi connectivity index (χ4v) is 4.93. The summed E-state index contributed by atoms with van der Waals surface area (Å²) in [4.78, 5) is 30.6. The lowest BCUT2D eigenvalue weighted by molar-refractivity contribution is -0.141. The summed E-state index contributed by atoms with van der Waals surface area (Å²) < 4.78 is 0. The van der Waals surface area contributed by atoms with E-state index >= 15 is 0 Å². The second-order valence-electron chi connectivity index (χ2n) is 4.51. The number of carboxylic acid groups (broad SMARTS) is 1. The van der Waals surface area contributed by atoms with Crippen LogP contribution in [0.25, 0.3) is 9.88 Å². The summed E-state index contributed by atoms with van der Waals surface area (Å²) in [5.41, 5.74) is 0.323. The highest BCUT2D eigenvalue weighted by molar-refractivity contribution is 8.00. The second-order valence-corrected chi connectivity index (χ2v) is 7.67. The van der Waals surface area contributed by atoms with E-state index in [0.717, 1.165) is 9.88 Å². The molecule has 2 aromatic rings. The number of hydrogen-bond acceptors (Lipinski definition) is 6. The molecule has 3 heterocycles. The topological polar surface area (TPSA) is 70.5 Å². The molecule has 0 radical (unpaired) electrons. The third-order valence-electron chi connectivity index (χ3n) is 3.20. The Hall–Kier alpha value is -1.38. The maximum Gasteiger partial charge on any atom is 0.327 e. The molecule has 1 fully saturated rings. The van der Waals surface area contributed by atoms with Crippen molar-refractivity contribution in [3.8, 4) is 9.88 Å². The Bertz CT molecular complexity index is 668. The molecule has 1 aliphatic heterocycles. The van der Waals surface area contributed by atoms with Gasteiger partial charge in [-0.2, -0.15) is 0 Å². The van der Waals surface area contributed by atoms with Gasteiger partial charge in [0.15, 0.2) is 0 Å². The van der Waals surface area contributed by atoms with E-state index in [1.807, 2.05) is 24.4 Å². The molecular weight excluding hydrogens is 328 g/mol. The highest BCUT2D eigenvalue weighted by atomic mass is 32.2. The number of aliphatic carboxylic acids is 1. The van der Waals surface area contributed by atoms with E-state index in [-0.39, 0.29) is 11.3 Å². The van der Waals surface area contributed by atoms with Gasteiger partial charge in [0.05, 0.1) is 10.3 Å². The van der Waals surface area contributed by atoms with Crippen molar-refractivity contribution in [1.82, 2.24) is 9.88 Å². The molecule has 2 unspecified atom stereocenters. The highest BCUT2D eigenvalue weighted by Crippen LogP contribution is 2.32. The largest absolute Gasteiger partial charge is 0.480 e. The van der Waals surface area contributed by atoms with Crippen molar-refractivity contribution in [2.75, 3.05) is 5.75 Å². The number of amides is 1. The molecule has 1 amide bonds. The van der Waals surface area contributed by atoms with Crippen LogP contribution in [0.5, 0.6) is 0 Å². The van der Waals surface area contributed by atoms with Crippen LogP contribution in [-0.2, 0) is 4.79 Å². The van der Waals surface area contributed by atoms with Gasteiger partial charge in [0.25, 0.3) is 5.91 Å². The van der Waals surface area contributed by atoms with Gasteiger partial charge in [0.2, 0.25) is 0 Å². The fraction of sp³-hybridized carbons (Fsp3) is 0.308. The molecule has 1 aliphatic rings. The molecule has 110 valence electrons. The van der Waals surface area contributed by atoms with Crippen molar-refractivity contribution in [1.29, 1.82) is 0 Å². The van der Waals surface area contributed by atoms with Gasteiger partial charge < -0.3 is 10.0 Å². The first kappa shape index (κ1) is 14.6. The summed E-state index contributed by atoms with van der Waals surface area (Å²) in [6, 6.07) is 3.11. The molecule has 2 atom stereocenters. The zero-order valence-electron chi connectivity index (χ0n) is 11.1. The zero-order valence-corrected chi connectivity index (χ0v) is 13.5. The molecule has 2 aromatic heterocycles. The average molecular weight is 340 g/mol. The lowest BCUT2D eigenvalue weighted by atomic mass is 10.2. The number of carbonyl (C=O) groups excluding carboxylic acids is 1. The summed E-state index contributed by atoms with van der Waals surface area (Å²) in [6.07, 6.45) is 0. The number of thiophene rings is 1. The van der Waals surface area contributed by atoms with Gasteiger partial charge in [0, 0.05) is 11.1 Å². The van der Waals surface area contributed by atoms with Crippen LogP contribution in [-0.4, -0.2) is 44.0 Å². The van der Waals surface area contributed by atoms with Crippen LogP contribution in [0.2, 0.25) is 0 Å². The monoisotopic (exact) mass is 340 g/mol. The number of carboxylic acids is 1. The van der Waals surface area contributed by atoms with Crippen molar-refractivity contribution in [2.24, 2.45) is 0 Å². The number of thiazole rings is 1. The molecule has 0 saturated carbocycles. The van der Waals surface area contributed by atoms with E-state index in [1.54, 1.807) is 16.7 Å². The number of nitrogens with zero attached hydrogens (tertiary/aromatic N) is 2. The standard InChI is InChI=1S/C13H12N2O3S3/c1-7-15(9(6-20-7)13(17)18)12(16)8-5-21-11(14-8)10-3-2-4-19-10/h2-5,7,9H,6H2,1H3,(H,17,18). The normalized spacial score (nSPS) is 21.7. The van der Waals surface area contributed by atoms with Crippen LogP contribution >= 0.6 is 34.4 Å². The quantitative estimate of drug-likeness (QED) is 0.930. The molecule has 5 nitrogen and oxygen atoms in total. The van der Waals surface area contributed by atoms with Gasteiger partial charge in [-0.3, -0.25) is 4.79 Å². The van der Waals surface area contributed by atoms with Gasteiger partial charge in [-0.05, 0) is 18.4 Å². The summed E-state index contributed by atoms with van der Waals surface area (Å²) in [6.45, 7) is 1.85. The predicted molar refractivity (Wildman–Crippen MR) is 84.9 cm³/mol. The minimum atomic E-state index is -0.964. The molecule has 1 N–H and O–H groups in total. The second kappa shape index (κ2) is 5.78. The lowest BCUT2D eigenvalue weighted by Gasteiger charge is -2.23. The first-order chi connectivity index (χ1) is 10.1. The average Bonchev–Trinajstić information content (AvgIpc) is 3.17. The van der Waals surface area contributed by atoms with Crippen LogP contribution in [0.1, 0.15) is 17.4 Å². The Morgan fingerprint density at radius 3 is 2.90 bits per heavy atom. The summed E-state index contributed by atoms with van der Waals surface area (Å²) in [5, 5.41) is 13.5. The Morgan fingerprint density at radius 2 is 2.24 bits per heavy atom. The Morgan fingerprint density at radius 1 is 1.43 bits per heavy atom. The first-order valence-electron chi connectivity index (χ1n) is 6.24. The number of hydrogen-bond donors (Lipinski definition) is 1. The molecule has 0 aliphatic carbocycles. The van der Waals surface area contributed by atoms with Crippen molar-refractivity contribution < 1.29 is 14.7 Å². The molecular formula is C13H12N2O3S3. The molecule has 1 saturated heterocycles. The number of carbonyl (C=O) groups is 2. The van der Waals surface area contributed by atoms with Crippen LogP contribution in [0.3, 0.4) is 0 Å². The summed E-state index contributed by atoms with van der Waals surface area (Å²) in [5.74, 6) is -0.850. The van der Waals surface area contributed by atoms with Gasteiger partial charge >= 0.3 is 5.97 Å². The molecule has 3 rings (SSSR count). The van der Waals surface area contributed by atoms with Gasteiger partial charge in [-0.1, -0.05) is 6.07 Å². The number of rotatable bonds is 3. The molecule has 8 heteroatoms. The van der Waals surface area contributed by atoms with Crippen LogP contribution in [0, 0.1) is 0 Å². The molecule has 0 spiro atoms. The zero-order chi connectivity index (χ0) is 15.0. The Labute approximate surface area is 133 Å². The number of aromatic nitrogens is 1. The van der Waals surface area contributed by atoms with Gasteiger partial charge in [-0.25, -0.2) is 9.78 Å². The van der Waals surface area contributed by atoms with Crippen molar-refractivity contribution in [3.05, 3.63) is 28.6 Å². The fourth-order valence-electron chi connectivity index (χ4n) is 2.16.